The molecule has 0 spiro atoms. The van der Waals surface area contributed by atoms with E-state index in [9.17, 15) is 0 Å². The normalized spacial score (nSPS) is 27.2. The third-order valence-electron chi connectivity index (χ3n) is 2.43. The fourth-order valence-electron chi connectivity index (χ4n) is 1.63. The molecule has 1 aromatic carbocycles. The zero-order valence-electron chi connectivity index (χ0n) is 7.54. The van der Waals surface area contributed by atoms with E-state index in [1.807, 2.05) is 5.01 Å². The average Bonchev–Trinajstić information content (AvgIpc) is 2.66. The standard InChI is InChI=1S/C10H14N2/c1-7-3-4-9(8(2)5-7)10-6-12(10)11/h3-5,10H,6,11H2,1-2H3. The van der Waals surface area contributed by atoms with Crippen molar-refractivity contribution in [2.45, 2.75) is 19.9 Å². The molecule has 1 heterocycles. The van der Waals surface area contributed by atoms with Gasteiger partial charge >= 0.3 is 0 Å². The summed E-state index contributed by atoms with van der Waals surface area (Å²) in [5, 5.41) is 1.86. The van der Waals surface area contributed by atoms with Crippen LogP contribution in [0.4, 0.5) is 0 Å². The molecule has 1 aromatic rings. The van der Waals surface area contributed by atoms with Crippen molar-refractivity contribution in [3.05, 3.63) is 34.9 Å². The fourth-order valence-corrected chi connectivity index (χ4v) is 1.63. The molecule has 2 nitrogen and oxygen atoms in total. The monoisotopic (exact) mass is 162 g/mol. The molecule has 0 aromatic heterocycles. The van der Waals surface area contributed by atoms with Gasteiger partial charge in [-0.15, -0.1) is 0 Å². The average molecular weight is 162 g/mol. The van der Waals surface area contributed by atoms with Gasteiger partial charge in [0.25, 0.3) is 0 Å². The van der Waals surface area contributed by atoms with Gasteiger partial charge in [-0.1, -0.05) is 23.8 Å². The highest BCUT2D eigenvalue weighted by Crippen LogP contribution is 2.32. The molecule has 1 saturated heterocycles. The van der Waals surface area contributed by atoms with Crippen LogP contribution in [-0.2, 0) is 0 Å². The van der Waals surface area contributed by atoms with Gasteiger partial charge in [-0.2, -0.15) is 0 Å². The lowest BCUT2D eigenvalue weighted by molar-refractivity contribution is 0.547. The molecule has 0 bridgehead atoms. The van der Waals surface area contributed by atoms with E-state index in [1.54, 1.807) is 0 Å². The van der Waals surface area contributed by atoms with Crippen LogP contribution in [0, 0.1) is 13.8 Å². The zero-order chi connectivity index (χ0) is 8.72. The molecule has 2 atom stereocenters. The first kappa shape index (κ1) is 7.77. The van der Waals surface area contributed by atoms with Crippen molar-refractivity contribution in [2.75, 3.05) is 6.54 Å². The second-order valence-corrected chi connectivity index (χ2v) is 3.57. The summed E-state index contributed by atoms with van der Waals surface area (Å²) in [6.45, 7) is 5.27. The molecule has 64 valence electrons. The molecule has 0 aliphatic carbocycles. The predicted octanol–water partition coefficient (Wildman–Crippen LogP) is 1.53. The third kappa shape index (κ3) is 1.24. The number of hydrogen-bond donors (Lipinski definition) is 1. The first-order valence-electron chi connectivity index (χ1n) is 4.27. The van der Waals surface area contributed by atoms with Gasteiger partial charge < -0.3 is 0 Å². The van der Waals surface area contributed by atoms with Crippen molar-refractivity contribution >= 4 is 0 Å². The Morgan fingerprint density at radius 3 is 2.58 bits per heavy atom. The number of hydrogen-bond acceptors (Lipinski definition) is 2. The lowest BCUT2D eigenvalue weighted by atomic mass is 10.0. The van der Waals surface area contributed by atoms with Crippen LogP contribution in [0.1, 0.15) is 22.7 Å². The number of rotatable bonds is 1. The second kappa shape index (κ2) is 2.57. The third-order valence-corrected chi connectivity index (χ3v) is 2.43. The number of aryl methyl sites for hydroxylation is 2. The van der Waals surface area contributed by atoms with Crippen molar-refractivity contribution in [2.24, 2.45) is 5.84 Å². The van der Waals surface area contributed by atoms with Crippen LogP contribution in [0.2, 0.25) is 0 Å². The van der Waals surface area contributed by atoms with Crippen molar-refractivity contribution in [3.63, 3.8) is 0 Å². The van der Waals surface area contributed by atoms with Gasteiger partial charge in [0.15, 0.2) is 0 Å². The number of nitrogens with two attached hydrogens (primary N) is 1. The van der Waals surface area contributed by atoms with Gasteiger partial charge in [0, 0.05) is 6.54 Å². The quantitative estimate of drug-likeness (QED) is 0.501. The Kier molecular flexibility index (Phi) is 1.67. The van der Waals surface area contributed by atoms with Gasteiger partial charge in [-0.3, -0.25) is 5.84 Å². The van der Waals surface area contributed by atoms with E-state index in [0.29, 0.717) is 6.04 Å². The van der Waals surface area contributed by atoms with Gasteiger partial charge in [0.05, 0.1) is 6.04 Å². The largest absolute Gasteiger partial charge is 0.268 e. The number of benzene rings is 1. The van der Waals surface area contributed by atoms with Crippen LogP contribution in [0.5, 0.6) is 0 Å². The first-order chi connectivity index (χ1) is 5.68. The van der Waals surface area contributed by atoms with Gasteiger partial charge in [-0.05, 0) is 25.0 Å². The van der Waals surface area contributed by atoms with E-state index in [-0.39, 0.29) is 0 Å². The minimum Gasteiger partial charge on any atom is -0.268 e. The van der Waals surface area contributed by atoms with Crippen molar-refractivity contribution in [3.8, 4) is 0 Å². The van der Waals surface area contributed by atoms with Gasteiger partial charge in [0.2, 0.25) is 0 Å². The van der Waals surface area contributed by atoms with E-state index >= 15 is 0 Å². The summed E-state index contributed by atoms with van der Waals surface area (Å²) in [6.07, 6.45) is 0. The molecule has 2 heteroatoms. The molecule has 2 N–H and O–H groups in total. The Hall–Kier alpha value is -0.860. The van der Waals surface area contributed by atoms with Crippen LogP contribution < -0.4 is 5.84 Å². The van der Waals surface area contributed by atoms with E-state index in [2.05, 4.69) is 32.0 Å². The molecule has 0 saturated carbocycles. The van der Waals surface area contributed by atoms with Gasteiger partial charge in [-0.25, -0.2) is 5.01 Å². The molecule has 2 unspecified atom stereocenters. The van der Waals surface area contributed by atoms with E-state index < -0.39 is 0 Å². The smallest absolute Gasteiger partial charge is 0.0635 e. The molecule has 1 aliphatic rings. The van der Waals surface area contributed by atoms with Crippen molar-refractivity contribution in [1.82, 2.24) is 5.01 Å². The molecule has 1 fully saturated rings. The highest BCUT2D eigenvalue weighted by molar-refractivity contribution is 5.35. The summed E-state index contributed by atoms with van der Waals surface area (Å²) < 4.78 is 0. The molecular formula is C10H14N2. The molecule has 0 radical (unpaired) electrons. The molecule has 12 heavy (non-hydrogen) atoms. The van der Waals surface area contributed by atoms with Crippen LogP contribution >= 0.6 is 0 Å². The molecule has 2 rings (SSSR count). The topological polar surface area (TPSA) is 29.0 Å². The summed E-state index contributed by atoms with van der Waals surface area (Å²) in [5.74, 6) is 5.64. The molecule has 0 amide bonds. The van der Waals surface area contributed by atoms with Crippen LogP contribution in [0.15, 0.2) is 18.2 Å². The Morgan fingerprint density at radius 2 is 2.08 bits per heavy atom. The predicted molar refractivity (Wildman–Crippen MR) is 49.6 cm³/mol. The maximum absolute atomic E-state index is 5.64. The van der Waals surface area contributed by atoms with Crippen LogP contribution in [0.25, 0.3) is 0 Å². The van der Waals surface area contributed by atoms with Crippen LogP contribution in [0.3, 0.4) is 0 Å². The van der Waals surface area contributed by atoms with Crippen molar-refractivity contribution < 1.29 is 0 Å². The Bertz CT molecular complexity index is 307. The zero-order valence-corrected chi connectivity index (χ0v) is 7.54. The Morgan fingerprint density at radius 1 is 1.42 bits per heavy atom. The first-order valence-corrected chi connectivity index (χ1v) is 4.27. The van der Waals surface area contributed by atoms with E-state index in [0.717, 1.165) is 6.54 Å². The Balaban J connectivity index is 2.33. The van der Waals surface area contributed by atoms with Gasteiger partial charge in [0.1, 0.15) is 0 Å². The highest BCUT2D eigenvalue weighted by atomic mass is 15.5. The van der Waals surface area contributed by atoms with Crippen molar-refractivity contribution in [1.29, 1.82) is 0 Å². The summed E-state index contributed by atoms with van der Waals surface area (Å²) in [5.41, 5.74) is 4.05. The summed E-state index contributed by atoms with van der Waals surface area (Å²) in [6, 6.07) is 7.02. The summed E-state index contributed by atoms with van der Waals surface area (Å²) in [4.78, 5) is 0. The fraction of sp³-hybridized carbons (Fsp3) is 0.400. The maximum atomic E-state index is 5.64. The minimum atomic E-state index is 0.477. The minimum absolute atomic E-state index is 0.477. The van der Waals surface area contributed by atoms with Crippen LogP contribution in [-0.4, -0.2) is 11.6 Å². The van der Waals surface area contributed by atoms with E-state index in [1.165, 1.54) is 16.7 Å². The molecule has 1 aliphatic heterocycles. The molecular weight excluding hydrogens is 148 g/mol. The lowest BCUT2D eigenvalue weighted by Gasteiger charge is -2.04. The SMILES string of the molecule is Cc1ccc(C2CN2N)c(C)c1. The number of hydrazine groups is 1. The summed E-state index contributed by atoms with van der Waals surface area (Å²) in [7, 11) is 0. The highest BCUT2D eigenvalue weighted by Gasteiger charge is 2.33. The Labute approximate surface area is 73.0 Å². The second-order valence-electron chi connectivity index (χ2n) is 3.57. The number of nitrogens with zero attached hydrogens (tertiary/aromatic N) is 1. The van der Waals surface area contributed by atoms with E-state index in [4.69, 9.17) is 5.84 Å². The summed E-state index contributed by atoms with van der Waals surface area (Å²) >= 11 is 0. The lowest BCUT2D eigenvalue weighted by Crippen LogP contribution is -2.06. The maximum Gasteiger partial charge on any atom is 0.0635 e.